The lowest BCUT2D eigenvalue weighted by molar-refractivity contribution is -0.186. The van der Waals surface area contributed by atoms with Gasteiger partial charge in [-0.1, -0.05) is 66.7 Å². The van der Waals surface area contributed by atoms with E-state index in [0.29, 0.717) is 0 Å². The minimum Gasteiger partial charge on any atom is -0.453 e. The zero-order valence-electron chi connectivity index (χ0n) is 18.0. The summed E-state index contributed by atoms with van der Waals surface area (Å²) in [4.78, 5) is 28.2. The fraction of sp³-hybridized carbons (Fsp3) is 0.360. The Hall–Kier alpha value is -3.08. The molecule has 3 atom stereocenters. The van der Waals surface area contributed by atoms with Crippen molar-refractivity contribution in [2.75, 3.05) is 0 Å². The van der Waals surface area contributed by atoms with Gasteiger partial charge in [-0.25, -0.2) is 9.59 Å². The summed E-state index contributed by atoms with van der Waals surface area (Å²) < 4.78 is 11.7. The van der Waals surface area contributed by atoms with Crippen LogP contribution >= 0.6 is 0 Å². The molecule has 0 aliphatic carbocycles. The molecule has 1 amide bonds. The molecule has 5 nitrogen and oxygen atoms in total. The second kappa shape index (κ2) is 8.34. The highest BCUT2D eigenvalue weighted by Gasteiger charge is 2.55. The first-order valence-corrected chi connectivity index (χ1v) is 10.1. The third-order valence-corrected chi connectivity index (χ3v) is 5.17. The zero-order valence-corrected chi connectivity index (χ0v) is 18.0. The molecule has 1 saturated heterocycles. The van der Waals surface area contributed by atoms with Gasteiger partial charge in [0.1, 0.15) is 17.2 Å². The highest BCUT2D eigenvalue weighted by molar-refractivity contribution is 5.87. The smallest absolute Gasteiger partial charge is 0.411 e. The first-order valence-electron chi connectivity index (χ1n) is 10.1. The van der Waals surface area contributed by atoms with Crippen molar-refractivity contribution in [3.05, 3.63) is 84.4 Å². The van der Waals surface area contributed by atoms with Crippen LogP contribution < -0.4 is 0 Å². The lowest BCUT2D eigenvalue weighted by Gasteiger charge is -2.50. The number of carbonyl (C=O) groups excluding carboxylic acids is 2. The molecule has 2 aromatic carbocycles. The standard InChI is InChI=1S/C25H29NO4/c1-6-17-25(5)22(27)29-21(19-15-11-8-12-16-19)20(18-13-9-7-10-14-18)26(25)23(28)30-24(2,3)4/h6-16,20-21H,1,17H2,2-5H3/t20-,21+,25-/m0/s1. The van der Waals surface area contributed by atoms with E-state index in [9.17, 15) is 9.59 Å². The van der Waals surface area contributed by atoms with Crippen LogP contribution in [0.3, 0.4) is 0 Å². The number of hydrogen-bond donors (Lipinski definition) is 0. The van der Waals surface area contributed by atoms with Gasteiger partial charge in [-0.05, 0) is 45.2 Å². The maximum atomic E-state index is 13.5. The van der Waals surface area contributed by atoms with Crippen molar-refractivity contribution < 1.29 is 19.1 Å². The summed E-state index contributed by atoms with van der Waals surface area (Å²) in [6.07, 6.45) is 0.657. The number of benzene rings is 2. The first kappa shape index (κ1) is 21.6. The number of hydrogen-bond acceptors (Lipinski definition) is 4. The van der Waals surface area contributed by atoms with E-state index < -0.39 is 35.3 Å². The summed E-state index contributed by atoms with van der Waals surface area (Å²) in [5.41, 5.74) is -0.277. The molecule has 3 rings (SSSR count). The average Bonchev–Trinajstić information content (AvgIpc) is 2.69. The summed E-state index contributed by atoms with van der Waals surface area (Å²) in [6, 6.07) is 18.5. The summed E-state index contributed by atoms with van der Waals surface area (Å²) in [6.45, 7) is 10.9. The lowest BCUT2D eigenvalue weighted by Crippen LogP contribution is -2.62. The Labute approximate surface area is 178 Å². The van der Waals surface area contributed by atoms with Gasteiger partial charge in [-0.2, -0.15) is 0 Å². The zero-order chi connectivity index (χ0) is 21.9. The fourth-order valence-electron chi connectivity index (χ4n) is 3.80. The number of esters is 1. The molecule has 5 heteroatoms. The van der Waals surface area contributed by atoms with Crippen LogP contribution in [0.5, 0.6) is 0 Å². The molecule has 1 aliphatic heterocycles. The maximum absolute atomic E-state index is 13.5. The quantitative estimate of drug-likeness (QED) is 0.489. The Balaban J connectivity index is 2.20. The van der Waals surface area contributed by atoms with E-state index in [2.05, 4.69) is 6.58 Å². The second-order valence-electron chi connectivity index (χ2n) is 8.71. The van der Waals surface area contributed by atoms with E-state index in [1.165, 1.54) is 0 Å². The normalized spacial score (nSPS) is 24.1. The van der Waals surface area contributed by atoms with Crippen molar-refractivity contribution in [1.29, 1.82) is 0 Å². The van der Waals surface area contributed by atoms with Crippen molar-refractivity contribution in [2.45, 2.75) is 57.4 Å². The molecule has 0 saturated carbocycles. The summed E-state index contributed by atoms with van der Waals surface area (Å²) in [7, 11) is 0. The molecule has 2 aromatic rings. The number of nitrogens with zero attached hydrogens (tertiary/aromatic N) is 1. The van der Waals surface area contributed by atoms with Gasteiger partial charge in [0.2, 0.25) is 0 Å². The number of carbonyl (C=O) groups is 2. The Morgan fingerprint density at radius 2 is 1.63 bits per heavy atom. The molecule has 1 heterocycles. The molecular weight excluding hydrogens is 378 g/mol. The molecule has 0 aromatic heterocycles. The minimum absolute atomic E-state index is 0.246. The fourth-order valence-corrected chi connectivity index (χ4v) is 3.80. The molecule has 1 fully saturated rings. The minimum atomic E-state index is -1.24. The van der Waals surface area contributed by atoms with E-state index in [0.717, 1.165) is 11.1 Å². The maximum Gasteiger partial charge on any atom is 0.411 e. The van der Waals surface area contributed by atoms with Gasteiger partial charge in [0, 0.05) is 0 Å². The van der Waals surface area contributed by atoms with E-state index in [4.69, 9.17) is 9.47 Å². The molecule has 0 N–H and O–H groups in total. The van der Waals surface area contributed by atoms with Crippen LogP contribution in [0, 0.1) is 0 Å². The predicted octanol–water partition coefficient (Wildman–Crippen LogP) is 5.60. The highest BCUT2D eigenvalue weighted by atomic mass is 16.6. The largest absolute Gasteiger partial charge is 0.453 e. The summed E-state index contributed by atoms with van der Waals surface area (Å²) >= 11 is 0. The van der Waals surface area contributed by atoms with Gasteiger partial charge in [0.15, 0.2) is 6.10 Å². The molecule has 0 unspecified atom stereocenters. The highest BCUT2D eigenvalue weighted by Crippen LogP contribution is 2.47. The molecule has 158 valence electrons. The van der Waals surface area contributed by atoms with Crippen LogP contribution in [0.15, 0.2) is 73.3 Å². The molecule has 1 aliphatic rings. The van der Waals surface area contributed by atoms with Gasteiger partial charge >= 0.3 is 12.1 Å². The van der Waals surface area contributed by atoms with Gasteiger partial charge in [-0.3, -0.25) is 4.90 Å². The summed E-state index contributed by atoms with van der Waals surface area (Å²) in [5, 5.41) is 0. The van der Waals surface area contributed by atoms with Crippen LogP contribution in [-0.4, -0.2) is 28.1 Å². The lowest BCUT2D eigenvalue weighted by atomic mass is 9.85. The number of morpholine rings is 1. The van der Waals surface area contributed by atoms with Crippen molar-refractivity contribution in [1.82, 2.24) is 4.90 Å². The van der Waals surface area contributed by atoms with Crippen LogP contribution in [0.1, 0.15) is 57.4 Å². The van der Waals surface area contributed by atoms with E-state index >= 15 is 0 Å². The van der Waals surface area contributed by atoms with Gasteiger partial charge < -0.3 is 9.47 Å². The van der Waals surface area contributed by atoms with Gasteiger partial charge in [-0.15, -0.1) is 6.58 Å². The second-order valence-corrected chi connectivity index (χ2v) is 8.71. The SMILES string of the molecule is C=CC[C@@]1(C)C(=O)O[C@H](c2ccccc2)[C@H](c2ccccc2)N1C(=O)OC(C)(C)C. The van der Waals surface area contributed by atoms with Crippen LogP contribution in [0.25, 0.3) is 0 Å². The molecule has 0 radical (unpaired) electrons. The number of cyclic esters (lactones) is 1. The van der Waals surface area contributed by atoms with E-state index in [1.807, 2.05) is 81.4 Å². The van der Waals surface area contributed by atoms with Gasteiger partial charge in [0.05, 0.1) is 0 Å². The Bertz CT molecular complexity index is 904. The van der Waals surface area contributed by atoms with Crippen molar-refractivity contribution in [3.8, 4) is 0 Å². The van der Waals surface area contributed by atoms with Crippen molar-refractivity contribution >= 4 is 12.1 Å². The number of amides is 1. The monoisotopic (exact) mass is 407 g/mol. The van der Waals surface area contributed by atoms with Crippen LogP contribution in [0.4, 0.5) is 4.79 Å². The third kappa shape index (κ3) is 4.25. The third-order valence-electron chi connectivity index (χ3n) is 5.17. The molecular formula is C25H29NO4. The predicted molar refractivity (Wildman–Crippen MR) is 116 cm³/mol. The molecule has 0 spiro atoms. The summed E-state index contributed by atoms with van der Waals surface area (Å²) in [5.74, 6) is -0.478. The number of rotatable bonds is 4. The van der Waals surface area contributed by atoms with Crippen molar-refractivity contribution in [3.63, 3.8) is 0 Å². The average molecular weight is 408 g/mol. The number of ether oxygens (including phenoxy) is 2. The van der Waals surface area contributed by atoms with E-state index in [1.54, 1.807) is 17.9 Å². The Morgan fingerprint density at radius 1 is 1.10 bits per heavy atom. The molecule has 30 heavy (non-hydrogen) atoms. The Morgan fingerprint density at radius 3 is 2.13 bits per heavy atom. The van der Waals surface area contributed by atoms with E-state index in [-0.39, 0.29) is 6.42 Å². The van der Waals surface area contributed by atoms with Crippen LogP contribution in [-0.2, 0) is 14.3 Å². The first-order chi connectivity index (χ1) is 14.2. The topological polar surface area (TPSA) is 55.8 Å². The van der Waals surface area contributed by atoms with Crippen molar-refractivity contribution in [2.24, 2.45) is 0 Å². The Kier molecular flexibility index (Phi) is 6.01. The van der Waals surface area contributed by atoms with Gasteiger partial charge in [0.25, 0.3) is 0 Å². The van der Waals surface area contributed by atoms with Crippen LogP contribution in [0.2, 0.25) is 0 Å². The molecule has 0 bridgehead atoms.